The molecule has 4 heteroatoms. The lowest BCUT2D eigenvalue weighted by Gasteiger charge is -2.12. The van der Waals surface area contributed by atoms with Gasteiger partial charge in [-0.25, -0.2) is 4.79 Å². The van der Waals surface area contributed by atoms with E-state index in [-0.39, 0.29) is 5.76 Å². The van der Waals surface area contributed by atoms with E-state index in [2.05, 4.69) is 0 Å². The van der Waals surface area contributed by atoms with Crippen LogP contribution < -0.4 is 0 Å². The van der Waals surface area contributed by atoms with Crippen molar-refractivity contribution in [1.82, 2.24) is 0 Å². The molecule has 1 aliphatic heterocycles. The van der Waals surface area contributed by atoms with Gasteiger partial charge in [-0.05, 0) is 0 Å². The van der Waals surface area contributed by atoms with Crippen molar-refractivity contribution >= 4 is 5.97 Å². The van der Waals surface area contributed by atoms with Crippen molar-refractivity contribution in [3.05, 3.63) is 47.4 Å². The summed E-state index contributed by atoms with van der Waals surface area (Å²) < 4.78 is 15.3. The van der Waals surface area contributed by atoms with Crippen molar-refractivity contribution in [1.29, 1.82) is 0 Å². The summed E-state index contributed by atoms with van der Waals surface area (Å²) in [6, 6.07) is 9.39. The summed E-state index contributed by atoms with van der Waals surface area (Å²) in [6.45, 7) is 0. The van der Waals surface area contributed by atoms with Crippen LogP contribution in [0.1, 0.15) is 11.7 Å². The van der Waals surface area contributed by atoms with Gasteiger partial charge in [0.1, 0.15) is 0 Å². The lowest BCUT2D eigenvalue weighted by atomic mass is 10.1. The Morgan fingerprint density at radius 2 is 1.81 bits per heavy atom. The minimum atomic E-state index is -0.506. The molecule has 84 valence electrons. The van der Waals surface area contributed by atoms with E-state index in [9.17, 15) is 4.79 Å². The van der Waals surface area contributed by atoms with Gasteiger partial charge in [-0.1, -0.05) is 30.3 Å². The maximum Gasteiger partial charge on any atom is 0.378 e. The number of methoxy groups -OCH3 is 2. The molecule has 0 aromatic heterocycles. The molecular formula is C12H12O4. The average molecular weight is 220 g/mol. The highest BCUT2D eigenvalue weighted by Crippen LogP contribution is 2.35. The van der Waals surface area contributed by atoms with Crippen molar-refractivity contribution in [2.45, 2.75) is 6.10 Å². The van der Waals surface area contributed by atoms with Crippen LogP contribution >= 0.6 is 0 Å². The highest BCUT2D eigenvalue weighted by molar-refractivity contribution is 5.89. The molecule has 1 aliphatic rings. The zero-order valence-corrected chi connectivity index (χ0v) is 9.10. The van der Waals surface area contributed by atoms with Gasteiger partial charge in [0.2, 0.25) is 5.76 Å². The summed E-state index contributed by atoms with van der Waals surface area (Å²) >= 11 is 0. The lowest BCUT2D eigenvalue weighted by Crippen LogP contribution is -2.04. The maximum absolute atomic E-state index is 11.5. The van der Waals surface area contributed by atoms with E-state index in [0.29, 0.717) is 5.76 Å². The van der Waals surface area contributed by atoms with Crippen molar-refractivity contribution < 1.29 is 19.0 Å². The third-order valence-corrected chi connectivity index (χ3v) is 2.40. The van der Waals surface area contributed by atoms with Crippen LogP contribution in [0.3, 0.4) is 0 Å². The fourth-order valence-corrected chi connectivity index (χ4v) is 1.66. The molecule has 0 radical (unpaired) electrons. The van der Waals surface area contributed by atoms with E-state index in [1.54, 1.807) is 0 Å². The highest BCUT2D eigenvalue weighted by Gasteiger charge is 2.37. The average Bonchev–Trinajstić information content (AvgIpc) is 2.66. The summed E-state index contributed by atoms with van der Waals surface area (Å²) in [6.07, 6.45) is -0.506. The summed E-state index contributed by atoms with van der Waals surface area (Å²) in [4.78, 5) is 11.5. The second-order valence-corrected chi connectivity index (χ2v) is 3.30. The molecule has 1 unspecified atom stereocenters. The molecule has 1 heterocycles. The number of benzene rings is 1. The minimum absolute atomic E-state index is 0.136. The quantitative estimate of drug-likeness (QED) is 0.728. The first-order valence-electron chi connectivity index (χ1n) is 4.86. The van der Waals surface area contributed by atoms with Crippen molar-refractivity contribution in [2.75, 3.05) is 14.2 Å². The molecule has 0 N–H and O–H groups in total. The van der Waals surface area contributed by atoms with Crippen LogP contribution in [0, 0.1) is 0 Å². The number of hydrogen-bond donors (Lipinski definition) is 0. The molecule has 2 rings (SSSR count). The Morgan fingerprint density at radius 3 is 2.38 bits per heavy atom. The van der Waals surface area contributed by atoms with E-state index in [1.807, 2.05) is 30.3 Å². The second-order valence-electron chi connectivity index (χ2n) is 3.30. The number of hydrogen-bond acceptors (Lipinski definition) is 4. The van der Waals surface area contributed by atoms with Crippen LogP contribution in [0.25, 0.3) is 0 Å². The van der Waals surface area contributed by atoms with Crippen LogP contribution in [-0.4, -0.2) is 20.2 Å². The molecule has 0 spiro atoms. The predicted molar refractivity (Wildman–Crippen MR) is 56.3 cm³/mol. The molecule has 1 aromatic carbocycles. The highest BCUT2D eigenvalue weighted by atomic mass is 16.6. The molecule has 0 fully saturated rings. The van der Waals surface area contributed by atoms with E-state index < -0.39 is 12.1 Å². The normalized spacial score (nSPS) is 19.6. The Labute approximate surface area is 93.4 Å². The van der Waals surface area contributed by atoms with E-state index in [1.165, 1.54) is 14.2 Å². The van der Waals surface area contributed by atoms with Crippen LogP contribution in [-0.2, 0) is 19.0 Å². The van der Waals surface area contributed by atoms with Gasteiger partial charge in [0.15, 0.2) is 11.9 Å². The first-order valence-corrected chi connectivity index (χ1v) is 4.86. The molecule has 16 heavy (non-hydrogen) atoms. The monoisotopic (exact) mass is 220 g/mol. The van der Waals surface area contributed by atoms with Crippen molar-refractivity contribution in [3.8, 4) is 0 Å². The van der Waals surface area contributed by atoms with Gasteiger partial charge >= 0.3 is 5.97 Å². The van der Waals surface area contributed by atoms with Crippen molar-refractivity contribution in [2.24, 2.45) is 0 Å². The van der Waals surface area contributed by atoms with Gasteiger partial charge in [-0.15, -0.1) is 0 Å². The van der Waals surface area contributed by atoms with Crippen molar-refractivity contribution in [3.63, 3.8) is 0 Å². The first-order chi connectivity index (χ1) is 7.77. The lowest BCUT2D eigenvalue weighted by molar-refractivity contribution is -0.143. The Bertz CT molecular complexity index is 422. The smallest absolute Gasteiger partial charge is 0.378 e. The predicted octanol–water partition coefficient (Wildman–Crippen LogP) is 1.79. The van der Waals surface area contributed by atoms with Gasteiger partial charge in [0, 0.05) is 5.56 Å². The molecule has 0 saturated carbocycles. The zero-order chi connectivity index (χ0) is 11.5. The fraction of sp³-hybridized carbons (Fsp3) is 0.250. The number of carbonyl (C=O) groups is 1. The van der Waals surface area contributed by atoms with E-state index >= 15 is 0 Å². The number of esters is 1. The Morgan fingerprint density at radius 1 is 1.12 bits per heavy atom. The summed E-state index contributed by atoms with van der Waals surface area (Å²) in [5.74, 6) is 0.0586. The Kier molecular flexibility index (Phi) is 2.81. The van der Waals surface area contributed by atoms with Gasteiger partial charge in [-0.2, -0.15) is 0 Å². The van der Waals surface area contributed by atoms with Gasteiger partial charge in [-0.3, -0.25) is 0 Å². The SMILES string of the molecule is COC1=C(OC)C(c2ccccc2)OC1=O. The number of ether oxygens (including phenoxy) is 3. The van der Waals surface area contributed by atoms with E-state index in [0.717, 1.165) is 5.56 Å². The van der Waals surface area contributed by atoms with Gasteiger partial charge in [0.25, 0.3) is 0 Å². The Hall–Kier alpha value is -1.97. The molecule has 0 aliphatic carbocycles. The number of carbonyl (C=O) groups excluding carboxylic acids is 1. The summed E-state index contributed by atoms with van der Waals surface area (Å²) in [7, 11) is 2.91. The summed E-state index contributed by atoms with van der Waals surface area (Å²) in [5, 5.41) is 0. The largest absolute Gasteiger partial charge is 0.493 e. The second kappa shape index (κ2) is 4.26. The summed E-state index contributed by atoms with van der Waals surface area (Å²) in [5.41, 5.74) is 0.861. The van der Waals surface area contributed by atoms with E-state index in [4.69, 9.17) is 14.2 Å². The van der Waals surface area contributed by atoms with Gasteiger partial charge < -0.3 is 14.2 Å². The van der Waals surface area contributed by atoms with Crippen LogP contribution in [0.2, 0.25) is 0 Å². The fourth-order valence-electron chi connectivity index (χ4n) is 1.66. The minimum Gasteiger partial charge on any atom is -0.493 e. The van der Waals surface area contributed by atoms with Gasteiger partial charge in [0.05, 0.1) is 14.2 Å². The maximum atomic E-state index is 11.5. The Balaban J connectivity index is 2.38. The number of rotatable bonds is 3. The number of cyclic esters (lactones) is 1. The van der Waals surface area contributed by atoms with Crippen LogP contribution in [0.15, 0.2) is 41.9 Å². The third kappa shape index (κ3) is 1.62. The molecule has 1 atom stereocenters. The molecule has 0 amide bonds. The molecular weight excluding hydrogens is 208 g/mol. The topological polar surface area (TPSA) is 44.8 Å². The molecule has 4 nitrogen and oxygen atoms in total. The molecule has 0 bridgehead atoms. The molecule has 1 aromatic rings. The molecule has 0 saturated heterocycles. The first kappa shape index (κ1) is 10.5. The standard InChI is InChI=1S/C12H12O4/c1-14-10-9(8-6-4-3-5-7-8)16-12(13)11(10)15-2/h3-7,9H,1-2H3. The zero-order valence-electron chi connectivity index (χ0n) is 9.10. The third-order valence-electron chi connectivity index (χ3n) is 2.40. The van der Waals surface area contributed by atoms with Crippen LogP contribution in [0.4, 0.5) is 0 Å². The van der Waals surface area contributed by atoms with Crippen LogP contribution in [0.5, 0.6) is 0 Å².